The molecule has 0 aromatic rings. The average molecular weight is 479 g/mol. The molecule has 0 amide bonds. The molecule has 4 aliphatic carbocycles. The number of ketones is 2. The molecular formula is C26H35FO5S. The minimum Gasteiger partial charge on any atom is -0.450 e. The zero-order valence-electron chi connectivity index (χ0n) is 19.9. The van der Waals surface area contributed by atoms with E-state index in [9.17, 15) is 19.5 Å². The second-order valence-corrected chi connectivity index (χ2v) is 11.3. The molecule has 5 nitrogen and oxygen atoms in total. The van der Waals surface area contributed by atoms with Gasteiger partial charge in [-0.2, -0.15) is 12.6 Å². The molecule has 182 valence electrons. The topological polar surface area (TPSA) is 80.7 Å². The number of rotatable bonds is 5. The number of alkyl halides is 1. The molecule has 4 aliphatic rings. The summed E-state index contributed by atoms with van der Waals surface area (Å²) in [5.74, 6) is -2.09. The van der Waals surface area contributed by atoms with Gasteiger partial charge in [-0.15, -0.1) is 0 Å². The quantitative estimate of drug-likeness (QED) is 0.458. The monoisotopic (exact) mass is 478 g/mol. The highest BCUT2D eigenvalue weighted by Crippen LogP contribution is 2.71. The van der Waals surface area contributed by atoms with E-state index < -0.39 is 40.1 Å². The predicted molar refractivity (Wildman–Crippen MR) is 125 cm³/mol. The van der Waals surface area contributed by atoms with E-state index in [1.54, 1.807) is 13.0 Å². The molecule has 4 rings (SSSR count). The lowest BCUT2D eigenvalue weighted by Gasteiger charge is -2.62. The molecule has 0 aromatic heterocycles. The van der Waals surface area contributed by atoms with Crippen molar-refractivity contribution in [3.05, 3.63) is 23.8 Å². The maximum absolute atomic E-state index is 17.3. The van der Waals surface area contributed by atoms with Gasteiger partial charge in [-0.05, 0) is 57.1 Å². The van der Waals surface area contributed by atoms with Gasteiger partial charge in [-0.1, -0.05) is 32.4 Å². The van der Waals surface area contributed by atoms with E-state index in [1.165, 1.54) is 12.2 Å². The normalized spacial score (nSPS) is 46.2. The van der Waals surface area contributed by atoms with E-state index in [0.29, 0.717) is 25.7 Å². The number of halogens is 1. The first kappa shape index (κ1) is 24.6. The number of aliphatic hydroxyl groups excluding tert-OH is 1. The van der Waals surface area contributed by atoms with Crippen molar-refractivity contribution in [2.24, 2.45) is 28.6 Å². The number of hydrogen-bond acceptors (Lipinski definition) is 6. The molecule has 33 heavy (non-hydrogen) atoms. The third-order valence-corrected chi connectivity index (χ3v) is 9.76. The van der Waals surface area contributed by atoms with Crippen molar-refractivity contribution in [2.45, 2.75) is 83.6 Å². The number of carbonyl (C=O) groups is 3. The summed E-state index contributed by atoms with van der Waals surface area (Å²) < 4.78 is 23.3. The highest BCUT2D eigenvalue weighted by atomic mass is 32.1. The van der Waals surface area contributed by atoms with Crippen LogP contribution in [0.1, 0.15) is 66.2 Å². The van der Waals surface area contributed by atoms with Gasteiger partial charge in [0.1, 0.15) is 0 Å². The SMILES string of the molecule is CCCC(=O)O[C@]1(C(=O)CS)[C@@H](C)C[C@H]2[C@@H]3CCC4=CC(=O)C=C[C@]4(C)[C@@]3(F)[C@@H](O)C[C@@]21C. The fourth-order valence-electron chi connectivity index (χ4n) is 7.95. The number of ether oxygens (including phenoxy) is 1. The van der Waals surface area contributed by atoms with Crippen molar-refractivity contribution >= 4 is 30.2 Å². The number of allylic oxidation sites excluding steroid dienone is 4. The third-order valence-electron chi connectivity index (χ3n) is 9.47. The Kier molecular flexibility index (Phi) is 6.01. The van der Waals surface area contributed by atoms with Crippen LogP contribution in [0.5, 0.6) is 0 Å². The van der Waals surface area contributed by atoms with E-state index >= 15 is 4.39 Å². The van der Waals surface area contributed by atoms with Gasteiger partial charge in [0.25, 0.3) is 0 Å². The summed E-state index contributed by atoms with van der Waals surface area (Å²) in [4.78, 5) is 38.1. The van der Waals surface area contributed by atoms with Crippen LogP contribution >= 0.6 is 12.6 Å². The highest BCUT2D eigenvalue weighted by molar-refractivity contribution is 7.81. The van der Waals surface area contributed by atoms with Gasteiger partial charge in [-0.25, -0.2) is 4.39 Å². The number of hydrogen-bond donors (Lipinski definition) is 2. The van der Waals surface area contributed by atoms with Crippen molar-refractivity contribution in [3.63, 3.8) is 0 Å². The van der Waals surface area contributed by atoms with E-state index in [0.717, 1.165) is 5.57 Å². The van der Waals surface area contributed by atoms with E-state index in [4.69, 9.17) is 4.74 Å². The van der Waals surface area contributed by atoms with Gasteiger partial charge in [0.15, 0.2) is 22.8 Å². The second-order valence-electron chi connectivity index (χ2n) is 10.9. The minimum absolute atomic E-state index is 0.00140. The van der Waals surface area contributed by atoms with Crippen molar-refractivity contribution in [2.75, 3.05) is 5.75 Å². The van der Waals surface area contributed by atoms with E-state index in [-0.39, 0.29) is 42.0 Å². The fourth-order valence-corrected chi connectivity index (χ4v) is 8.19. The molecule has 0 unspecified atom stereocenters. The predicted octanol–water partition coefficient (Wildman–Crippen LogP) is 4.18. The van der Waals surface area contributed by atoms with E-state index in [2.05, 4.69) is 12.6 Å². The first-order valence-corrected chi connectivity index (χ1v) is 12.7. The second kappa shape index (κ2) is 8.04. The fraction of sp³-hybridized carbons (Fsp3) is 0.731. The maximum Gasteiger partial charge on any atom is 0.306 e. The molecule has 3 fully saturated rings. The Bertz CT molecular complexity index is 945. The maximum atomic E-state index is 17.3. The van der Waals surface area contributed by atoms with Crippen LogP contribution in [0.3, 0.4) is 0 Å². The first-order valence-electron chi connectivity index (χ1n) is 12.1. The van der Waals surface area contributed by atoms with Crippen LogP contribution in [-0.4, -0.2) is 45.8 Å². The lowest BCUT2D eigenvalue weighted by molar-refractivity contribution is -0.227. The number of carbonyl (C=O) groups excluding carboxylic acids is 3. The third kappa shape index (κ3) is 3.03. The smallest absolute Gasteiger partial charge is 0.306 e. The minimum atomic E-state index is -1.98. The summed E-state index contributed by atoms with van der Waals surface area (Å²) in [6.45, 7) is 7.42. The van der Waals surface area contributed by atoms with Crippen LogP contribution < -0.4 is 0 Å². The summed E-state index contributed by atoms with van der Waals surface area (Å²) in [6, 6.07) is 0. The summed E-state index contributed by atoms with van der Waals surface area (Å²) >= 11 is 4.24. The Hall–Kier alpha value is -1.47. The Morgan fingerprint density at radius 1 is 1.30 bits per heavy atom. The van der Waals surface area contributed by atoms with Crippen molar-refractivity contribution < 1.29 is 28.6 Å². The van der Waals surface area contributed by atoms with Gasteiger partial charge in [0.2, 0.25) is 0 Å². The number of fused-ring (bicyclic) bond motifs is 5. The first-order chi connectivity index (χ1) is 15.4. The van der Waals surface area contributed by atoms with Crippen LogP contribution in [-0.2, 0) is 19.1 Å². The standard InChI is InChI=1S/C26H35FO5S/c1-5-6-22(31)32-26(21(30)14-33)15(2)11-19-18-8-7-16-12-17(28)9-10-23(16,3)25(18,27)20(29)13-24(19,26)4/h9-10,12,15,18-20,29,33H,5-8,11,13-14H2,1-4H3/t15-,18-,19-,20-,23-,24-,25-,26-/m0/s1. The van der Waals surface area contributed by atoms with Gasteiger partial charge in [0, 0.05) is 29.1 Å². The van der Waals surface area contributed by atoms with Gasteiger partial charge < -0.3 is 9.84 Å². The molecule has 0 spiro atoms. The molecule has 0 bridgehead atoms. The van der Waals surface area contributed by atoms with E-state index in [1.807, 2.05) is 20.8 Å². The molecule has 1 N–H and O–H groups in total. The Morgan fingerprint density at radius 2 is 2.00 bits per heavy atom. The molecule has 0 radical (unpaired) electrons. The van der Waals surface area contributed by atoms with Crippen LogP contribution in [0, 0.1) is 28.6 Å². The van der Waals surface area contributed by atoms with Gasteiger partial charge in [-0.3, -0.25) is 14.4 Å². The summed E-state index contributed by atoms with van der Waals surface area (Å²) in [5.41, 5.74) is -4.71. The lowest BCUT2D eigenvalue weighted by Crippen LogP contribution is -2.70. The van der Waals surface area contributed by atoms with Gasteiger partial charge in [0.05, 0.1) is 11.9 Å². The number of aliphatic hydroxyl groups is 1. The molecule has 0 heterocycles. The lowest BCUT2D eigenvalue weighted by atomic mass is 9.44. The molecule has 7 heteroatoms. The Labute approximate surface area is 200 Å². The Balaban J connectivity index is 1.83. The number of thiol groups is 1. The van der Waals surface area contributed by atoms with Crippen LogP contribution in [0.25, 0.3) is 0 Å². The van der Waals surface area contributed by atoms with Gasteiger partial charge >= 0.3 is 5.97 Å². The number of esters is 1. The summed E-state index contributed by atoms with van der Waals surface area (Å²) in [5, 5.41) is 11.5. The van der Waals surface area contributed by atoms with Crippen LogP contribution in [0.15, 0.2) is 23.8 Å². The molecule has 3 saturated carbocycles. The molecular weight excluding hydrogens is 443 g/mol. The number of Topliss-reactive ketones (excluding diaryl/α,β-unsaturated/α-hetero) is 1. The molecule has 0 aromatic carbocycles. The van der Waals surface area contributed by atoms with Crippen molar-refractivity contribution in [1.29, 1.82) is 0 Å². The van der Waals surface area contributed by atoms with Crippen LogP contribution in [0.2, 0.25) is 0 Å². The van der Waals surface area contributed by atoms with Crippen LogP contribution in [0.4, 0.5) is 4.39 Å². The molecule has 0 saturated heterocycles. The zero-order chi connectivity index (χ0) is 24.4. The summed E-state index contributed by atoms with van der Waals surface area (Å²) in [6.07, 6.45) is 5.48. The molecule has 0 aliphatic heterocycles. The highest BCUT2D eigenvalue weighted by Gasteiger charge is 2.77. The Morgan fingerprint density at radius 3 is 2.64 bits per heavy atom. The largest absolute Gasteiger partial charge is 0.450 e. The van der Waals surface area contributed by atoms with Crippen molar-refractivity contribution in [1.82, 2.24) is 0 Å². The average Bonchev–Trinajstić information content (AvgIpc) is 2.97. The van der Waals surface area contributed by atoms with Crippen molar-refractivity contribution in [3.8, 4) is 0 Å². The summed E-state index contributed by atoms with van der Waals surface area (Å²) in [7, 11) is 0. The zero-order valence-corrected chi connectivity index (χ0v) is 20.8. The molecule has 8 atom stereocenters.